The molecule has 6 heteroatoms. The number of anilines is 1. The Kier molecular flexibility index (Phi) is 5.77. The maximum absolute atomic E-state index is 11.6. The van der Waals surface area contributed by atoms with Gasteiger partial charge in [-0.3, -0.25) is 4.79 Å². The lowest BCUT2D eigenvalue weighted by Crippen LogP contribution is -2.10. The molecule has 0 aromatic carbocycles. The Labute approximate surface area is 111 Å². The second kappa shape index (κ2) is 7.10. The molecule has 1 N–H and O–H groups in total. The van der Waals surface area contributed by atoms with Gasteiger partial charge in [0, 0.05) is 6.42 Å². The quantitative estimate of drug-likeness (QED) is 0.807. The lowest BCUT2D eigenvalue weighted by molar-refractivity contribution is -0.116. The second-order valence-electron chi connectivity index (χ2n) is 3.81. The molecule has 0 atom stereocenters. The molecule has 1 aromatic rings. The molecule has 0 bridgehead atoms. The molecule has 0 unspecified atom stereocenters. The summed E-state index contributed by atoms with van der Waals surface area (Å²) in [7, 11) is 0. The average Bonchev–Trinajstić information content (AvgIpc) is 2.68. The Morgan fingerprint density at radius 1 is 1.39 bits per heavy atom. The Bertz CT molecular complexity index is 429. The third-order valence-electron chi connectivity index (χ3n) is 2.26. The molecule has 5 nitrogen and oxygen atoms in total. The Balaban J connectivity index is 2.66. The summed E-state index contributed by atoms with van der Waals surface area (Å²) in [6, 6.07) is 0. The second-order valence-corrected chi connectivity index (χ2v) is 4.80. The van der Waals surface area contributed by atoms with Crippen molar-refractivity contribution in [2.45, 2.75) is 40.0 Å². The van der Waals surface area contributed by atoms with Crippen LogP contribution >= 0.6 is 11.3 Å². The van der Waals surface area contributed by atoms with Crippen LogP contribution < -0.4 is 5.32 Å². The molecule has 0 saturated carbocycles. The molecule has 1 heterocycles. The van der Waals surface area contributed by atoms with Gasteiger partial charge in [-0.15, -0.1) is 0 Å². The maximum atomic E-state index is 11.6. The fourth-order valence-corrected chi connectivity index (χ4v) is 2.23. The fourth-order valence-electron chi connectivity index (χ4n) is 1.36. The molecule has 0 saturated heterocycles. The number of thiazole rings is 1. The zero-order valence-electron chi connectivity index (χ0n) is 10.9. The third-order valence-corrected chi connectivity index (χ3v) is 3.31. The van der Waals surface area contributed by atoms with E-state index in [1.54, 1.807) is 13.8 Å². The largest absolute Gasteiger partial charge is 0.462 e. The van der Waals surface area contributed by atoms with Gasteiger partial charge >= 0.3 is 5.97 Å². The molecular weight excluding hydrogens is 252 g/mol. The van der Waals surface area contributed by atoms with Crippen LogP contribution in [0.4, 0.5) is 5.13 Å². The van der Waals surface area contributed by atoms with E-state index in [4.69, 9.17) is 4.74 Å². The van der Waals surface area contributed by atoms with Crippen molar-refractivity contribution in [2.75, 3.05) is 11.9 Å². The summed E-state index contributed by atoms with van der Waals surface area (Å²) in [4.78, 5) is 27.7. The predicted octanol–water partition coefficient (Wildman–Crippen LogP) is 2.76. The normalized spacial score (nSPS) is 10.2. The first-order chi connectivity index (χ1) is 8.58. The van der Waals surface area contributed by atoms with Crippen LogP contribution in [0, 0.1) is 6.92 Å². The summed E-state index contributed by atoms with van der Waals surface area (Å²) >= 11 is 1.15. The van der Waals surface area contributed by atoms with E-state index in [1.165, 1.54) is 0 Å². The highest BCUT2D eigenvalue weighted by Gasteiger charge is 2.17. The average molecular weight is 270 g/mol. The van der Waals surface area contributed by atoms with E-state index in [9.17, 15) is 9.59 Å². The van der Waals surface area contributed by atoms with Crippen LogP contribution in [-0.4, -0.2) is 23.5 Å². The number of carbonyl (C=O) groups is 2. The SMILES string of the molecule is CCCCC(=O)Nc1nc(C)c(C(=O)OCC)s1. The fraction of sp³-hybridized carbons (Fsp3) is 0.583. The van der Waals surface area contributed by atoms with Crippen molar-refractivity contribution in [3.8, 4) is 0 Å². The van der Waals surface area contributed by atoms with E-state index in [-0.39, 0.29) is 11.9 Å². The topological polar surface area (TPSA) is 68.3 Å². The van der Waals surface area contributed by atoms with Gasteiger partial charge in [0.05, 0.1) is 12.3 Å². The smallest absolute Gasteiger partial charge is 0.350 e. The summed E-state index contributed by atoms with van der Waals surface area (Å²) in [6.07, 6.45) is 2.29. The summed E-state index contributed by atoms with van der Waals surface area (Å²) in [5, 5.41) is 3.15. The number of hydrogen-bond donors (Lipinski definition) is 1. The number of aryl methyl sites for hydroxylation is 1. The van der Waals surface area contributed by atoms with Crippen molar-refractivity contribution in [1.82, 2.24) is 4.98 Å². The number of nitrogens with zero attached hydrogens (tertiary/aromatic N) is 1. The lowest BCUT2D eigenvalue weighted by atomic mass is 10.2. The standard InChI is InChI=1S/C12H18N2O3S/c1-4-6-7-9(15)14-12-13-8(3)10(18-12)11(16)17-5-2/h4-7H2,1-3H3,(H,13,14,15). The van der Waals surface area contributed by atoms with Gasteiger partial charge < -0.3 is 10.1 Å². The molecular formula is C12H18N2O3S. The summed E-state index contributed by atoms with van der Waals surface area (Å²) in [5.41, 5.74) is 0.587. The first kappa shape index (κ1) is 14.6. The molecule has 0 aliphatic rings. The van der Waals surface area contributed by atoms with E-state index in [2.05, 4.69) is 10.3 Å². The van der Waals surface area contributed by atoms with Gasteiger partial charge in [0.1, 0.15) is 4.88 Å². The molecule has 0 aliphatic carbocycles. The van der Waals surface area contributed by atoms with E-state index < -0.39 is 0 Å². The van der Waals surface area contributed by atoms with Gasteiger partial charge in [-0.25, -0.2) is 9.78 Å². The predicted molar refractivity (Wildman–Crippen MR) is 71.0 cm³/mol. The molecule has 0 fully saturated rings. The molecule has 1 amide bonds. The molecule has 18 heavy (non-hydrogen) atoms. The minimum absolute atomic E-state index is 0.0685. The lowest BCUT2D eigenvalue weighted by Gasteiger charge is -1.99. The van der Waals surface area contributed by atoms with E-state index in [0.29, 0.717) is 28.7 Å². The Morgan fingerprint density at radius 2 is 2.11 bits per heavy atom. The minimum atomic E-state index is -0.387. The number of amides is 1. The zero-order valence-corrected chi connectivity index (χ0v) is 11.7. The number of hydrogen-bond acceptors (Lipinski definition) is 5. The van der Waals surface area contributed by atoms with Gasteiger partial charge in [-0.05, 0) is 20.3 Å². The van der Waals surface area contributed by atoms with Gasteiger partial charge in [0.2, 0.25) is 5.91 Å². The number of carbonyl (C=O) groups excluding carboxylic acids is 2. The van der Waals surface area contributed by atoms with E-state index in [0.717, 1.165) is 24.2 Å². The maximum Gasteiger partial charge on any atom is 0.350 e. The van der Waals surface area contributed by atoms with Crippen molar-refractivity contribution in [3.63, 3.8) is 0 Å². The number of esters is 1. The third kappa shape index (κ3) is 4.10. The van der Waals surface area contributed by atoms with Crippen molar-refractivity contribution >= 4 is 28.3 Å². The van der Waals surface area contributed by atoms with Gasteiger partial charge in [0.15, 0.2) is 5.13 Å². The van der Waals surface area contributed by atoms with Crippen LogP contribution in [0.3, 0.4) is 0 Å². The summed E-state index contributed by atoms with van der Waals surface area (Å²) in [6.45, 7) is 5.83. The number of aromatic nitrogens is 1. The molecule has 100 valence electrons. The Morgan fingerprint density at radius 3 is 2.72 bits per heavy atom. The van der Waals surface area contributed by atoms with Crippen LogP contribution in [0.25, 0.3) is 0 Å². The van der Waals surface area contributed by atoms with Crippen LogP contribution in [0.15, 0.2) is 0 Å². The number of rotatable bonds is 6. The van der Waals surface area contributed by atoms with Gasteiger partial charge in [-0.1, -0.05) is 24.7 Å². The van der Waals surface area contributed by atoms with E-state index in [1.807, 2.05) is 6.92 Å². The molecule has 1 aromatic heterocycles. The van der Waals surface area contributed by atoms with Crippen LogP contribution in [0.5, 0.6) is 0 Å². The zero-order chi connectivity index (χ0) is 13.5. The summed E-state index contributed by atoms with van der Waals surface area (Å²) in [5.74, 6) is -0.456. The first-order valence-corrected chi connectivity index (χ1v) is 6.84. The highest BCUT2D eigenvalue weighted by Crippen LogP contribution is 2.23. The van der Waals surface area contributed by atoms with Crippen molar-refractivity contribution in [2.24, 2.45) is 0 Å². The van der Waals surface area contributed by atoms with Crippen LogP contribution in [0.2, 0.25) is 0 Å². The van der Waals surface area contributed by atoms with E-state index >= 15 is 0 Å². The van der Waals surface area contributed by atoms with Gasteiger partial charge in [-0.2, -0.15) is 0 Å². The molecule has 1 rings (SSSR count). The van der Waals surface area contributed by atoms with Crippen molar-refractivity contribution < 1.29 is 14.3 Å². The van der Waals surface area contributed by atoms with Gasteiger partial charge in [0.25, 0.3) is 0 Å². The van der Waals surface area contributed by atoms with Crippen LogP contribution in [-0.2, 0) is 9.53 Å². The number of ether oxygens (including phenoxy) is 1. The number of unbranched alkanes of at least 4 members (excludes halogenated alkanes) is 1. The number of nitrogens with one attached hydrogen (secondary N) is 1. The van der Waals surface area contributed by atoms with Crippen LogP contribution in [0.1, 0.15) is 48.5 Å². The van der Waals surface area contributed by atoms with Crippen molar-refractivity contribution in [1.29, 1.82) is 0 Å². The molecule has 0 spiro atoms. The monoisotopic (exact) mass is 270 g/mol. The Hall–Kier alpha value is -1.43. The summed E-state index contributed by atoms with van der Waals surface area (Å²) < 4.78 is 4.91. The molecule has 0 radical (unpaired) electrons. The molecule has 0 aliphatic heterocycles. The minimum Gasteiger partial charge on any atom is -0.462 e. The highest BCUT2D eigenvalue weighted by atomic mass is 32.1. The highest BCUT2D eigenvalue weighted by molar-refractivity contribution is 7.17. The van der Waals surface area contributed by atoms with Crippen molar-refractivity contribution in [3.05, 3.63) is 10.6 Å². The first-order valence-electron chi connectivity index (χ1n) is 6.02.